The molecule has 0 spiro atoms. The van der Waals surface area contributed by atoms with Crippen LogP contribution in [0.15, 0.2) is 46.7 Å². The maximum Gasteiger partial charge on any atom is 0.338 e. The van der Waals surface area contributed by atoms with Crippen LogP contribution >= 0.6 is 11.8 Å². The first-order chi connectivity index (χ1) is 8.18. The molecule has 0 bridgehead atoms. The topological polar surface area (TPSA) is 63.1 Å². The number of aromatic nitrogens is 2. The maximum atomic E-state index is 13.7. The molecule has 6 heteroatoms. The molecular weight excluding hydrogens is 243 g/mol. The second kappa shape index (κ2) is 4.92. The fourth-order valence-corrected chi connectivity index (χ4v) is 1.94. The Kier molecular flexibility index (Phi) is 3.34. The molecule has 17 heavy (non-hydrogen) atoms. The molecule has 0 saturated heterocycles. The Balaban J connectivity index is 2.34. The molecule has 0 saturated carbocycles. The van der Waals surface area contributed by atoms with E-state index in [0.717, 1.165) is 17.8 Å². The van der Waals surface area contributed by atoms with Crippen molar-refractivity contribution in [3.8, 4) is 0 Å². The lowest BCUT2D eigenvalue weighted by Crippen LogP contribution is -2.02. The zero-order valence-corrected chi connectivity index (χ0v) is 9.32. The average molecular weight is 250 g/mol. The van der Waals surface area contributed by atoms with Crippen LogP contribution in [0.2, 0.25) is 0 Å². The predicted molar refractivity (Wildman–Crippen MR) is 59.5 cm³/mol. The quantitative estimate of drug-likeness (QED) is 0.906. The molecule has 0 aliphatic rings. The zero-order valence-electron chi connectivity index (χ0n) is 8.50. The van der Waals surface area contributed by atoms with Gasteiger partial charge in [0.15, 0.2) is 5.82 Å². The van der Waals surface area contributed by atoms with Crippen LogP contribution in [0.5, 0.6) is 0 Å². The molecule has 1 N–H and O–H groups in total. The number of pyridine rings is 2. The molecule has 2 rings (SSSR count). The van der Waals surface area contributed by atoms with Crippen LogP contribution in [-0.4, -0.2) is 21.0 Å². The molecule has 2 aromatic heterocycles. The van der Waals surface area contributed by atoms with E-state index in [9.17, 15) is 9.18 Å². The van der Waals surface area contributed by atoms with Gasteiger partial charge in [-0.2, -0.15) is 0 Å². The molecule has 86 valence electrons. The van der Waals surface area contributed by atoms with Gasteiger partial charge in [-0.1, -0.05) is 6.07 Å². The highest BCUT2D eigenvalue weighted by molar-refractivity contribution is 7.99. The fourth-order valence-electron chi connectivity index (χ4n) is 1.17. The van der Waals surface area contributed by atoms with Crippen molar-refractivity contribution >= 4 is 17.7 Å². The number of carbonyl (C=O) groups is 1. The van der Waals surface area contributed by atoms with Gasteiger partial charge in [0.05, 0.1) is 5.56 Å². The lowest BCUT2D eigenvalue weighted by atomic mass is 10.3. The van der Waals surface area contributed by atoms with Gasteiger partial charge in [0.1, 0.15) is 10.1 Å². The molecule has 0 aromatic carbocycles. The minimum absolute atomic E-state index is 0.00333. The van der Waals surface area contributed by atoms with Crippen molar-refractivity contribution in [1.29, 1.82) is 0 Å². The monoisotopic (exact) mass is 250 g/mol. The minimum Gasteiger partial charge on any atom is -0.478 e. The standard InChI is InChI=1S/C11H7FN2O2S/c12-9-7(11(15)16)4-6-14-10(9)17-8-3-1-2-5-13-8/h1-6H,(H,15,16). The molecule has 0 aliphatic carbocycles. The Morgan fingerprint density at radius 3 is 2.71 bits per heavy atom. The van der Waals surface area contributed by atoms with Gasteiger partial charge in [0, 0.05) is 12.4 Å². The van der Waals surface area contributed by atoms with Crippen LogP contribution in [0, 0.1) is 5.82 Å². The Hall–Kier alpha value is -1.95. The lowest BCUT2D eigenvalue weighted by Gasteiger charge is -2.03. The smallest absolute Gasteiger partial charge is 0.338 e. The van der Waals surface area contributed by atoms with Gasteiger partial charge in [-0.25, -0.2) is 19.2 Å². The van der Waals surface area contributed by atoms with Crippen LogP contribution < -0.4 is 0 Å². The van der Waals surface area contributed by atoms with Crippen LogP contribution in [0.4, 0.5) is 4.39 Å². The van der Waals surface area contributed by atoms with Crippen LogP contribution in [-0.2, 0) is 0 Å². The summed E-state index contributed by atoms with van der Waals surface area (Å²) in [5.74, 6) is -2.15. The molecule has 0 amide bonds. The third kappa shape index (κ3) is 2.59. The summed E-state index contributed by atoms with van der Waals surface area (Å²) < 4.78 is 13.7. The van der Waals surface area contributed by atoms with Gasteiger partial charge >= 0.3 is 5.97 Å². The molecule has 0 radical (unpaired) electrons. The van der Waals surface area contributed by atoms with E-state index >= 15 is 0 Å². The Bertz CT molecular complexity index is 548. The molecular formula is C11H7FN2O2S. The summed E-state index contributed by atoms with van der Waals surface area (Å²) in [6, 6.07) is 6.31. The summed E-state index contributed by atoms with van der Waals surface area (Å²) in [5, 5.41) is 9.32. The minimum atomic E-state index is -1.31. The van der Waals surface area contributed by atoms with E-state index in [-0.39, 0.29) is 5.03 Å². The van der Waals surface area contributed by atoms with Gasteiger partial charge in [0.25, 0.3) is 0 Å². The Morgan fingerprint density at radius 2 is 2.06 bits per heavy atom. The summed E-state index contributed by atoms with van der Waals surface area (Å²) in [7, 11) is 0. The van der Waals surface area contributed by atoms with Gasteiger partial charge in [-0.15, -0.1) is 0 Å². The summed E-state index contributed by atoms with van der Waals surface area (Å²) in [4.78, 5) is 18.5. The summed E-state index contributed by atoms with van der Waals surface area (Å²) in [6.07, 6.45) is 2.83. The highest BCUT2D eigenvalue weighted by Gasteiger charge is 2.15. The highest BCUT2D eigenvalue weighted by Crippen LogP contribution is 2.27. The first kappa shape index (κ1) is 11.5. The summed E-state index contributed by atoms with van der Waals surface area (Å²) in [5.41, 5.74) is -0.390. The van der Waals surface area contributed by atoms with E-state index < -0.39 is 17.3 Å². The number of aromatic carboxylic acids is 1. The summed E-state index contributed by atoms with van der Waals surface area (Å²) >= 11 is 0.985. The SMILES string of the molecule is O=C(O)c1ccnc(Sc2ccccn2)c1F. The molecule has 2 heterocycles. The highest BCUT2D eigenvalue weighted by atomic mass is 32.2. The Morgan fingerprint density at radius 1 is 1.24 bits per heavy atom. The Labute approximate surface area is 101 Å². The number of hydrogen-bond acceptors (Lipinski definition) is 4. The van der Waals surface area contributed by atoms with Crippen molar-refractivity contribution in [3.05, 3.63) is 48.0 Å². The van der Waals surface area contributed by atoms with Crippen molar-refractivity contribution in [2.45, 2.75) is 10.1 Å². The third-order valence-corrected chi connectivity index (χ3v) is 2.86. The third-order valence-electron chi connectivity index (χ3n) is 1.93. The van der Waals surface area contributed by atoms with E-state index in [0.29, 0.717) is 5.03 Å². The first-order valence-corrected chi connectivity index (χ1v) is 5.47. The van der Waals surface area contributed by atoms with Gasteiger partial charge < -0.3 is 5.11 Å². The van der Waals surface area contributed by atoms with Crippen LogP contribution in [0.25, 0.3) is 0 Å². The maximum absolute atomic E-state index is 13.7. The second-order valence-corrected chi connectivity index (χ2v) is 4.06. The first-order valence-electron chi connectivity index (χ1n) is 4.65. The fraction of sp³-hybridized carbons (Fsp3) is 0. The average Bonchev–Trinajstić information content (AvgIpc) is 2.33. The number of halogens is 1. The summed E-state index contributed by atoms with van der Waals surface area (Å²) in [6.45, 7) is 0. The molecule has 0 unspecified atom stereocenters. The van der Waals surface area contributed by atoms with Crippen LogP contribution in [0.1, 0.15) is 10.4 Å². The van der Waals surface area contributed by atoms with E-state index in [1.54, 1.807) is 24.4 Å². The van der Waals surface area contributed by atoms with Crippen molar-refractivity contribution in [1.82, 2.24) is 9.97 Å². The normalized spacial score (nSPS) is 10.2. The van der Waals surface area contributed by atoms with E-state index in [2.05, 4.69) is 9.97 Å². The van der Waals surface area contributed by atoms with Crippen molar-refractivity contribution in [2.24, 2.45) is 0 Å². The van der Waals surface area contributed by atoms with E-state index in [1.165, 1.54) is 6.20 Å². The molecule has 0 aliphatic heterocycles. The second-order valence-electron chi connectivity index (χ2n) is 3.05. The van der Waals surface area contributed by atoms with Crippen molar-refractivity contribution < 1.29 is 14.3 Å². The zero-order chi connectivity index (χ0) is 12.3. The number of hydrogen-bond donors (Lipinski definition) is 1. The van der Waals surface area contributed by atoms with E-state index in [4.69, 9.17) is 5.11 Å². The number of carboxylic acids is 1. The number of nitrogens with zero attached hydrogens (tertiary/aromatic N) is 2. The van der Waals surface area contributed by atoms with Crippen molar-refractivity contribution in [3.63, 3.8) is 0 Å². The van der Waals surface area contributed by atoms with Gasteiger partial charge in [0.2, 0.25) is 0 Å². The lowest BCUT2D eigenvalue weighted by molar-refractivity contribution is 0.0691. The molecule has 0 atom stereocenters. The number of rotatable bonds is 3. The largest absolute Gasteiger partial charge is 0.478 e. The van der Waals surface area contributed by atoms with Crippen LogP contribution in [0.3, 0.4) is 0 Å². The van der Waals surface area contributed by atoms with E-state index in [1.807, 2.05) is 0 Å². The molecule has 2 aromatic rings. The van der Waals surface area contributed by atoms with Gasteiger partial charge in [-0.05, 0) is 30.0 Å². The predicted octanol–water partition coefficient (Wildman–Crippen LogP) is 2.47. The van der Waals surface area contributed by atoms with Crippen molar-refractivity contribution in [2.75, 3.05) is 0 Å². The molecule has 4 nitrogen and oxygen atoms in total. The number of carboxylic acid groups (broad SMARTS) is 1. The van der Waals surface area contributed by atoms with Gasteiger partial charge in [-0.3, -0.25) is 0 Å². The molecule has 0 fully saturated rings.